The normalized spacial score (nSPS) is 14.6. The highest BCUT2D eigenvalue weighted by atomic mass is 35.5. The third kappa shape index (κ3) is 5.33. The minimum atomic E-state index is -1.37. The summed E-state index contributed by atoms with van der Waals surface area (Å²) in [4.78, 5) is 39.8. The molecule has 0 radical (unpaired) electrons. The van der Waals surface area contributed by atoms with Crippen molar-refractivity contribution in [1.82, 2.24) is 25.2 Å². The fourth-order valence-corrected chi connectivity index (χ4v) is 5.26. The van der Waals surface area contributed by atoms with Crippen LogP contribution in [0.2, 0.25) is 10.0 Å². The number of halogens is 2. The summed E-state index contributed by atoms with van der Waals surface area (Å²) >= 11 is 13.1. The molecular weight excluding hydrogens is 549 g/mol. The number of hydrogen-bond donors (Lipinski definition) is 3. The second kappa shape index (κ2) is 10.7. The van der Waals surface area contributed by atoms with E-state index in [0.29, 0.717) is 35.2 Å². The number of fused-ring (bicyclic) bond motifs is 2. The molecular formula is C26H23Cl2N5O6. The van der Waals surface area contributed by atoms with Crippen molar-refractivity contribution in [2.75, 3.05) is 6.54 Å². The van der Waals surface area contributed by atoms with Crippen LogP contribution in [0.3, 0.4) is 0 Å². The number of carbonyl (C=O) groups excluding carboxylic acids is 2. The maximum Gasteiger partial charge on any atom is 0.328 e. The van der Waals surface area contributed by atoms with Crippen molar-refractivity contribution in [3.05, 3.63) is 80.8 Å². The lowest BCUT2D eigenvalue weighted by Gasteiger charge is -2.30. The van der Waals surface area contributed by atoms with Crippen LogP contribution in [-0.4, -0.2) is 60.5 Å². The van der Waals surface area contributed by atoms with Gasteiger partial charge < -0.3 is 24.8 Å². The second-order valence-corrected chi connectivity index (χ2v) is 10.0. The van der Waals surface area contributed by atoms with Crippen molar-refractivity contribution in [2.45, 2.75) is 38.6 Å². The van der Waals surface area contributed by atoms with Crippen LogP contribution in [0, 0.1) is 0 Å². The number of nitrogens with zero attached hydrogens (tertiary/aromatic N) is 4. The van der Waals surface area contributed by atoms with Crippen molar-refractivity contribution in [3.63, 3.8) is 0 Å². The van der Waals surface area contributed by atoms with Gasteiger partial charge in [0.15, 0.2) is 0 Å². The highest BCUT2D eigenvalue weighted by molar-refractivity contribution is 6.40. The van der Waals surface area contributed by atoms with E-state index in [-0.39, 0.29) is 40.3 Å². The van der Waals surface area contributed by atoms with Crippen molar-refractivity contribution in [3.8, 4) is 0 Å². The molecule has 2 aromatic heterocycles. The van der Waals surface area contributed by atoms with E-state index in [1.54, 1.807) is 29.4 Å². The minimum absolute atomic E-state index is 0.0313. The van der Waals surface area contributed by atoms with Crippen molar-refractivity contribution in [1.29, 1.82) is 0 Å². The fraction of sp³-hybridized carbons (Fsp3) is 0.269. The smallest absolute Gasteiger partial charge is 0.328 e. The van der Waals surface area contributed by atoms with Crippen LogP contribution in [0.25, 0.3) is 11.0 Å². The van der Waals surface area contributed by atoms with E-state index in [1.807, 2.05) is 12.1 Å². The number of aliphatic hydroxyl groups is 1. The molecule has 3 heterocycles. The van der Waals surface area contributed by atoms with E-state index in [2.05, 4.69) is 15.6 Å². The Balaban J connectivity index is 1.33. The molecule has 0 fully saturated rings. The number of hydrogen-bond acceptors (Lipinski definition) is 7. The minimum Gasteiger partial charge on any atom is -0.480 e. The van der Waals surface area contributed by atoms with Crippen LogP contribution >= 0.6 is 23.2 Å². The number of furan rings is 1. The van der Waals surface area contributed by atoms with Crippen LogP contribution < -0.4 is 5.32 Å². The molecule has 2 amide bonds. The lowest BCUT2D eigenvalue weighted by atomic mass is 9.96. The Hall–Kier alpha value is -3.93. The van der Waals surface area contributed by atoms with E-state index in [4.69, 9.17) is 27.6 Å². The average Bonchev–Trinajstić information content (AvgIpc) is 3.56. The van der Waals surface area contributed by atoms with Gasteiger partial charge in [0.2, 0.25) is 0 Å². The SMILES string of the molecule is C[C@H](O)c1cn(CC(NC(=O)c2c(Cl)cc3c(c2Cl)CCN(C(=O)c2ccc4ccoc4c2)C3)C(=O)O)nn1. The second-order valence-electron chi connectivity index (χ2n) is 9.24. The number of aliphatic hydroxyl groups excluding tert-OH is 1. The standard InChI is InChI=1S/C26H23Cl2N5O6/c1-13(34)19-11-33(31-30-19)12-20(26(37)38)29-24(35)22-18(27)8-16-10-32(6-4-17(16)23(22)28)25(36)15-3-2-14-5-7-39-21(14)9-15/h2-3,5,7-9,11,13,20,34H,4,6,10,12H2,1H3,(H,29,35)(H,37,38)/t13-,20?/m0/s1. The van der Waals surface area contributed by atoms with E-state index < -0.39 is 24.0 Å². The average molecular weight is 572 g/mol. The van der Waals surface area contributed by atoms with Gasteiger partial charge in [0.25, 0.3) is 11.8 Å². The molecule has 0 saturated carbocycles. The lowest BCUT2D eigenvalue weighted by Crippen LogP contribution is -2.44. The molecule has 0 aliphatic carbocycles. The van der Waals surface area contributed by atoms with Crippen LogP contribution in [0.4, 0.5) is 0 Å². The molecule has 2 atom stereocenters. The first-order chi connectivity index (χ1) is 18.6. The molecule has 0 spiro atoms. The zero-order valence-corrected chi connectivity index (χ0v) is 22.1. The number of nitrogens with one attached hydrogen (secondary N) is 1. The van der Waals surface area contributed by atoms with E-state index in [1.165, 1.54) is 17.8 Å². The molecule has 1 aliphatic heterocycles. The molecule has 1 unspecified atom stereocenters. The van der Waals surface area contributed by atoms with Gasteiger partial charge in [0, 0.05) is 24.0 Å². The summed E-state index contributed by atoms with van der Waals surface area (Å²) in [7, 11) is 0. The maximum atomic E-state index is 13.2. The van der Waals surface area contributed by atoms with E-state index in [9.17, 15) is 24.6 Å². The van der Waals surface area contributed by atoms with Gasteiger partial charge in [-0.15, -0.1) is 5.10 Å². The third-order valence-electron chi connectivity index (χ3n) is 6.58. The number of benzene rings is 2. The summed E-state index contributed by atoms with van der Waals surface area (Å²) in [5, 5.41) is 30.3. The number of carbonyl (C=O) groups is 3. The maximum absolute atomic E-state index is 13.2. The number of amides is 2. The Morgan fingerprint density at radius 2 is 2.00 bits per heavy atom. The summed E-state index contributed by atoms with van der Waals surface area (Å²) in [6.07, 6.45) is 2.46. The van der Waals surface area contributed by atoms with Crippen molar-refractivity contribution >= 4 is 52.0 Å². The molecule has 11 nitrogen and oxygen atoms in total. The summed E-state index contributed by atoms with van der Waals surface area (Å²) in [5.74, 6) is -2.24. The number of aliphatic carboxylic acids is 1. The van der Waals surface area contributed by atoms with Gasteiger partial charge in [-0.1, -0.05) is 34.5 Å². The molecule has 4 aromatic rings. The van der Waals surface area contributed by atoms with E-state index >= 15 is 0 Å². The number of carboxylic acids is 1. The highest BCUT2D eigenvalue weighted by Gasteiger charge is 2.30. The van der Waals surface area contributed by atoms with Gasteiger partial charge >= 0.3 is 5.97 Å². The largest absolute Gasteiger partial charge is 0.480 e. The molecule has 39 heavy (non-hydrogen) atoms. The molecule has 2 aromatic carbocycles. The van der Waals surface area contributed by atoms with Gasteiger partial charge in [0.1, 0.15) is 17.3 Å². The summed E-state index contributed by atoms with van der Waals surface area (Å²) in [6.45, 7) is 1.86. The summed E-state index contributed by atoms with van der Waals surface area (Å²) in [6, 6.07) is 7.29. The zero-order chi connectivity index (χ0) is 27.8. The van der Waals surface area contributed by atoms with Gasteiger partial charge in [0.05, 0.1) is 40.7 Å². The van der Waals surface area contributed by atoms with Crippen LogP contribution in [0.5, 0.6) is 0 Å². The Kier molecular flexibility index (Phi) is 7.30. The fourth-order valence-electron chi connectivity index (χ4n) is 4.50. The first kappa shape index (κ1) is 26.7. The molecule has 202 valence electrons. The molecule has 5 rings (SSSR count). The molecule has 0 bridgehead atoms. The molecule has 0 saturated heterocycles. The van der Waals surface area contributed by atoms with Gasteiger partial charge in [-0.2, -0.15) is 0 Å². The van der Waals surface area contributed by atoms with Crippen LogP contribution in [0.1, 0.15) is 50.6 Å². The van der Waals surface area contributed by atoms with E-state index in [0.717, 1.165) is 5.39 Å². The van der Waals surface area contributed by atoms with Crippen molar-refractivity contribution in [2.24, 2.45) is 0 Å². The Bertz CT molecular complexity index is 1600. The summed E-state index contributed by atoms with van der Waals surface area (Å²) < 4.78 is 6.62. The van der Waals surface area contributed by atoms with Crippen molar-refractivity contribution < 1.29 is 29.0 Å². The topological polar surface area (TPSA) is 151 Å². The predicted octanol–water partition coefficient (Wildman–Crippen LogP) is 3.47. The van der Waals surface area contributed by atoms with Crippen LogP contribution in [-0.2, 0) is 24.3 Å². The molecule has 13 heteroatoms. The quantitative estimate of drug-likeness (QED) is 0.305. The van der Waals surface area contributed by atoms with Gasteiger partial charge in [-0.25, -0.2) is 9.48 Å². The molecule has 1 aliphatic rings. The zero-order valence-electron chi connectivity index (χ0n) is 20.6. The Morgan fingerprint density at radius 3 is 2.72 bits per heavy atom. The first-order valence-electron chi connectivity index (χ1n) is 12.0. The van der Waals surface area contributed by atoms with Gasteiger partial charge in [-0.05, 0) is 48.7 Å². The number of aromatic nitrogens is 3. The van der Waals surface area contributed by atoms with Crippen LogP contribution in [0.15, 0.2) is 47.2 Å². The predicted molar refractivity (Wildman–Crippen MR) is 141 cm³/mol. The Labute approximate surface area is 231 Å². The Morgan fingerprint density at radius 1 is 1.21 bits per heavy atom. The monoisotopic (exact) mass is 571 g/mol. The third-order valence-corrected chi connectivity index (χ3v) is 7.29. The highest BCUT2D eigenvalue weighted by Crippen LogP contribution is 2.35. The lowest BCUT2D eigenvalue weighted by molar-refractivity contribution is -0.139. The molecule has 3 N–H and O–H groups in total. The summed E-state index contributed by atoms with van der Waals surface area (Å²) in [5.41, 5.74) is 2.69. The first-order valence-corrected chi connectivity index (χ1v) is 12.8. The number of rotatable bonds is 7. The number of carboxylic acid groups (broad SMARTS) is 1. The van der Waals surface area contributed by atoms with Gasteiger partial charge in [-0.3, -0.25) is 9.59 Å².